The summed E-state index contributed by atoms with van der Waals surface area (Å²) in [5, 5.41) is 4.53. The van der Waals surface area contributed by atoms with Crippen molar-refractivity contribution in [2.75, 3.05) is 26.2 Å². The molecule has 37 heavy (non-hydrogen) atoms. The summed E-state index contributed by atoms with van der Waals surface area (Å²) in [6.07, 6.45) is 6.94. The van der Waals surface area contributed by atoms with E-state index in [0.29, 0.717) is 22.9 Å². The molecule has 2 aromatic heterocycles. The minimum Gasteiger partial charge on any atom is -0.355 e. The van der Waals surface area contributed by atoms with Gasteiger partial charge in [0.05, 0.1) is 12.0 Å². The number of aromatic nitrogens is 3. The molecule has 3 fully saturated rings. The van der Waals surface area contributed by atoms with Crippen LogP contribution in [0, 0.1) is 11.8 Å². The molecule has 1 amide bonds. The second-order valence-electron chi connectivity index (χ2n) is 10.9. The number of para-hydroxylation sites is 1. The largest absolute Gasteiger partial charge is 0.420 e. The Kier molecular flexibility index (Phi) is 6.46. The van der Waals surface area contributed by atoms with Gasteiger partial charge in [-0.3, -0.25) is 4.79 Å². The van der Waals surface area contributed by atoms with Gasteiger partial charge in [-0.1, -0.05) is 11.2 Å². The van der Waals surface area contributed by atoms with E-state index in [-0.39, 0.29) is 23.5 Å². The van der Waals surface area contributed by atoms with E-state index in [2.05, 4.69) is 24.5 Å². The fourth-order valence-corrected chi connectivity index (χ4v) is 6.30. The standard InChI is InChI=1S/C27H32F3N5O2/c28-27(29,30)23-6-3-5-21-24(32-37-25(21)23)18-7-11-33(12-8-18)15-19-14-22(19)26(36)35-10-2-1-4-20(35)16-34-13-9-31-17-34/h3,5-6,9,13,17-20,22H,1-2,4,7-8,10-12,14-16H2/t19?,20?,22-/m1/s1. The summed E-state index contributed by atoms with van der Waals surface area (Å²) >= 11 is 0. The molecule has 3 aliphatic rings. The molecule has 7 nitrogen and oxygen atoms in total. The van der Waals surface area contributed by atoms with Gasteiger partial charge in [0.1, 0.15) is 5.56 Å². The van der Waals surface area contributed by atoms with Crippen LogP contribution >= 0.6 is 0 Å². The lowest BCUT2D eigenvalue weighted by Gasteiger charge is -2.36. The molecule has 10 heteroatoms. The first kappa shape index (κ1) is 24.5. The number of likely N-dealkylation sites (tertiary alicyclic amines) is 2. The van der Waals surface area contributed by atoms with Crippen molar-refractivity contribution in [2.45, 2.75) is 63.2 Å². The molecule has 4 heterocycles. The Labute approximate surface area is 213 Å². The third-order valence-electron chi connectivity index (χ3n) is 8.43. The van der Waals surface area contributed by atoms with Gasteiger partial charge in [0, 0.05) is 55.3 Å². The van der Waals surface area contributed by atoms with Gasteiger partial charge in [0.25, 0.3) is 0 Å². The summed E-state index contributed by atoms with van der Waals surface area (Å²) in [5.41, 5.74) is -0.309. The average Bonchev–Trinajstić information content (AvgIpc) is 3.25. The normalized spacial score (nSPS) is 25.6. The highest BCUT2D eigenvalue weighted by molar-refractivity contribution is 5.83. The molecule has 0 bridgehead atoms. The maximum Gasteiger partial charge on any atom is 0.420 e. The molecule has 0 spiro atoms. The minimum atomic E-state index is -4.47. The number of carbonyl (C=O) groups is 1. The number of hydrogen-bond acceptors (Lipinski definition) is 5. The highest BCUT2D eigenvalue weighted by Gasteiger charge is 2.47. The minimum absolute atomic E-state index is 0.0786. The Bertz CT molecular complexity index is 1230. The summed E-state index contributed by atoms with van der Waals surface area (Å²) < 4.78 is 47.2. The van der Waals surface area contributed by atoms with Crippen molar-refractivity contribution in [3.05, 3.63) is 48.2 Å². The molecule has 1 saturated carbocycles. The van der Waals surface area contributed by atoms with Gasteiger partial charge in [-0.05, 0) is 69.7 Å². The SMILES string of the molecule is O=C([C@@H]1CC1CN1CCC(c2noc3c(C(F)(F)F)cccc23)CC1)N1CCCCC1Cn1ccnc1. The number of amides is 1. The zero-order valence-corrected chi connectivity index (χ0v) is 20.7. The van der Waals surface area contributed by atoms with Gasteiger partial charge < -0.3 is 18.9 Å². The zero-order valence-electron chi connectivity index (χ0n) is 20.7. The lowest BCUT2D eigenvalue weighted by atomic mass is 9.91. The molecule has 3 atom stereocenters. The van der Waals surface area contributed by atoms with Crippen molar-refractivity contribution in [1.82, 2.24) is 24.5 Å². The number of fused-ring (bicyclic) bond motifs is 1. The van der Waals surface area contributed by atoms with E-state index >= 15 is 0 Å². The van der Waals surface area contributed by atoms with Gasteiger partial charge >= 0.3 is 6.18 Å². The molecular formula is C27H32F3N5O2. The van der Waals surface area contributed by atoms with Crippen molar-refractivity contribution < 1.29 is 22.5 Å². The Morgan fingerprint density at radius 1 is 1.08 bits per heavy atom. The van der Waals surface area contributed by atoms with E-state index in [9.17, 15) is 18.0 Å². The number of rotatable bonds is 6. The first-order valence-corrected chi connectivity index (χ1v) is 13.3. The number of piperidine rings is 2. The molecule has 1 aliphatic carbocycles. The van der Waals surface area contributed by atoms with Crippen LogP contribution in [0.5, 0.6) is 0 Å². The Morgan fingerprint density at radius 3 is 2.68 bits per heavy atom. The van der Waals surface area contributed by atoms with Crippen LogP contribution in [-0.2, 0) is 17.5 Å². The third kappa shape index (κ3) is 5.00. The monoisotopic (exact) mass is 515 g/mol. The second kappa shape index (κ2) is 9.78. The van der Waals surface area contributed by atoms with Crippen LogP contribution in [0.3, 0.4) is 0 Å². The Hall–Kier alpha value is -2.88. The third-order valence-corrected chi connectivity index (χ3v) is 8.43. The molecule has 198 valence electrons. The van der Waals surface area contributed by atoms with Crippen molar-refractivity contribution >= 4 is 16.9 Å². The summed E-state index contributed by atoms with van der Waals surface area (Å²) in [5.74, 6) is 0.887. The molecule has 1 aromatic carbocycles. The van der Waals surface area contributed by atoms with Crippen LogP contribution in [0.4, 0.5) is 13.2 Å². The van der Waals surface area contributed by atoms with Gasteiger partial charge in [-0.2, -0.15) is 13.2 Å². The van der Waals surface area contributed by atoms with Crippen molar-refractivity contribution in [3.8, 4) is 0 Å². The Balaban J connectivity index is 1.03. The van der Waals surface area contributed by atoms with Crippen LogP contribution in [0.25, 0.3) is 11.0 Å². The number of carbonyl (C=O) groups excluding carboxylic acids is 1. The van der Waals surface area contributed by atoms with E-state index in [1.165, 1.54) is 6.07 Å². The Morgan fingerprint density at radius 2 is 1.92 bits per heavy atom. The number of hydrogen-bond donors (Lipinski definition) is 0. The predicted octanol–water partition coefficient (Wildman–Crippen LogP) is 4.94. The summed E-state index contributed by atoms with van der Waals surface area (Å²) in [4.78, 5) is 22.0. The fraction of sp³-hybridized carbons (Fsp3) is 0.593. The molecule has 0 radical (unpaired) electrons. The average molecular weight is 516 g/mol. The van der Waals surface area contributed by atoms with E-state index in [1.807, 2.05) is 12.5 Å². The number of halogens is 3. The highest BCUT2D eigenvalue weighted by atomic mass is 19.4. The molecule has 6 rings (SSSR count). The smallest absolute Gasteiger partial charge is 0.355 e. The van der Waals surface area contributed by atoms with Gasteiger partial charge in [-0.15, -0.1) is 0 Å². The number of nitrogens with zero attached hydrogens (tertiary/aromatic N) is 5. The fourth-order valence-electron chi connectivity index (χ4n) is 6.30. The molecule has 2 unspecified atom stereocenters. The maximum atomic E-state index is 13.4. The molecule has 0 N–H and O–H groups in total. The van der Waals surface area contributed by atoms with E-state index < -0.39 is 11.7 Å². The second-order valence-corrected chi connectivity index (χ2v) is 10.9. The lowest BCUT2D eigenvalue weighted by Crippen LogP contribution is -2.47. The summed E-state index contributed by atoms with van der Waals surface area (Å²) in [6, 6.07) is 4.37. The molecule has 2 saturated heterocycles. The van der Waals surface area contributed by atoms with Crippen LogP contribution < -0.4 is 0 Å². The van der Waals surface area contributed by atoms with Crippen LogP contribution in [0.15, 0.2) is 41.4 Å². The number of imidazole rings is 1. The van der Waals surface area contributed by atoms with Gasteiger partial charge in [0.15, 0.2) is 5.58 Å². The summed E-state index contributed by atoms with van der Waals surface area (Å²) in [6.45, 7) is 4.25. The molecular weight excluding hydrogens is 483 g/mol. The highest BCUT2D eigenvalue weighted by Crippen LogP contribution is 2.43. The maximum absolute atomic E-state index is 13.4. The van der Waals surface area contributed by atoms with Crippen molar-refractivity contribution in [2.24, 2.45) is 11.8 Å². The van der Waals surface area contributed by atoms with E-state index in [4.69, 9.17) is 4.52 Å². The zero-order chi connectivity index (χ0) is 25.6. The summed E-state index contributed by atoms with van der Waals surface area (Å²) in [7, 11) is 0. The van der Waals surface area contributed by atoms with Crippen molar-refractivity contribution in [3.63, 3.8) is 0 Å². The number of benzene rings is 1. The van der Waals surface area contributed by atoms with Crippen LogP contribution in [-0.4, -0.2) is 62.6 Å². The topological polar surface area (TPSA) is 67.4 Å². The van der Waals surface area contributed by atoms with Crippen LogP contribution in [0.2, 0.25) is 0 Å². The molecule has 3 aromatic rings. The van der Waals surface area contributed by atoms with E-state index in [1.54, 1.807) is 12.3 Å². The van der Waals surface area contributed by atoms with E-state index in [0.717, 1.165) is 77.3 Å². The first-order chi connectivity index (χ1) is 17.9. The number of alkyl halides is 3. The van der Waals surface area contributed by atoms with Crippen LogP contribution in [0.1, 0.15) is 55.7 Å². The van der Waals surface area contributed by atoms with Gasteiger partial charge in [-0.25, -0.2) is 4.98 Å². The molecule has 2 aliphatic heterocycles. The van der Waals surface area contributed by atoms with Gasteiger partial charge in [0.2, 0.25) is 5.91 Å². The quantitative estimate of drug-likeness (QED) is 0.465. The van der Waals surface area contributed by atoms with Crippen molar-refractivity contribution in [1.29, 1.82) is 0 Å². The first-order valence-electron chi connectivity index (χ1n) is 13.3. The predicted molar refractivity (Wildman–Crippen MR) is 131 cm³/mol. The lowest BCUT2D eigenvalue weighted by molar-refractivity contribution is -0.137.